The number of amides is 1. The lowest BCUT2D eigenvalue weighted by Crippen LogP contribution is -2.30. The van der Waals surface area contributed by atoms with Crippen LogP contribution in [0, 0.1) is 6.92 Å². The van der Waals surface area contributed by atoms with E-state index in [9.17, 15) is 4.79 Å². The normalized spacial score (nSPS) is 18.3. The Morgan fingerprint density at radius 2 is 1.95 bits per heavy atom. The zero-order valence-electron chi connectivity index (χ0n) is 12.3. The summed E-state index contributed by atoms with van der Waals surface area (Å²) < 4.78 is 6.09. The Morgan fingerprint density at radius 3 is 2.59 bits per heavy atom. The summed E-state index contributed by atoms with van der Waals surface area (Å²) in [5.74, 6) is 1.42. The molecule has 1 atom stereocenters. The fraction of sp³-hybridized carbons (Fsp3) is 0.176. The van der Waals surface area contributed by atoms with Crippen molar-refractivity contribution in [3.8, 4) is 0 Å². The van der Waals surface area contributed by atoms with Crippen molar-refractivity contribution in [3.05, 3.63) is 64.5 Å². The van der Waals surface area contributed by atoms with Gasteiger partial charge in [-0.1, -0.05) is 54.3 Å². The van der Waals surface area contributed by atoms with E-state index in [1.807, 2.05) is 56.3 Å². The molecule has 112 valence electrons. The summed E-state index contributed by atoms with van der Waals surface area (Å²) >= 11 is 6.71. The van der Waals surface area contributed by atoms with E-state index >= 15 is 0 Å². The maximum absolute atomic E-state index is 12.6. The number of hydrogen-bond acceptors (Lipinski definition) is 4. The molecule has 1 amide bonds. The van der Waals surface area contributed by atoms with Gasteiger partial charge in [-0.15, -0.1) is 0 Å². The summed E-state index contributed by atoms with van der Waals surface area (Å²) in [5, 5.41) is 0. The van der Waals surface area contributed by atoms with Gasteiger partial charge in [-0.2, -0.15) is 0 Å². The van der Waals surface area contributed by atoms with Crippen LogP contribution in [-0.4, -0.2) is 15.1 Å². The fourth-order valence-corrected chi connectivity index (χ4v) is 3.75. The van der Waals surface area contributed by atoms with Crippen molar-refractivity contribution in [2.24, 2.45) is 0 Å². The zero-order chi connectivity index (χ0) is 15.7. The molecule has 1 aliphatic rings. The maximum Gasteiger partial charge on any atom is 0.266 e. The molecule has 2 aromatic rings. The Balaban J connectivity index is 1.87. The number of thioether (sulfide) groups is 1. The molecule has 0 spiro atoms. The highest BCUT2D eigenvalue weighted by Crippen LogP contribution is 2.38. The van der Waals surface area contributed by atoms with Gasteiger partial charge >= 0.3 is 0 Å². The average Bonchev–Trinajstić information content (AvgIpc) is 3.03. The fourth-order valence-electron chi connectivity index (χ4n) is 2.35. The van der Waals surface area contributed by atoms with Gasteiger partial charge in [0.25, 0.3) is 5.91 Å². The molecule has 0 saturated carbocycles. The minimum Gasteiger partial charge on any atom is -0.462 e. The van der Waals surface area contributed by atoms with E-state index in [4.69, 9.17) is 16.6 Å². The van der Waals surface area contributed by atoms with E-state index < -0.39 is 0 Å². The third-order valence-electron chi connectivity index (χ3n) is 3.53. The van der Waals surface area contributed by atoms with Crippen LogP contribution in [0.25, 0.3) is 6.08 Å². The third-order valence-corrected chi connectivity index (χ3v) is 4.86. The Labute approximate surface area is 139 Å². The van der Waals surface area contributed by atoms with Crippen LogP contribution in [0.2, 0.25) is 0 Å². The molecule has 1 saturated heterocycles. The molecule has 22 heavy (non-hydrogen) atoms. The van der Waals surface area contributed by atoms with Crippen molar-refractivity contribution in [1.82, 2.24) is 4.90 Å². The average molecular weight is 329 g/mol. The SMILES string of the molecule is Cc1ccc(/C=C2\SC(=S)N(C(C)c3ccccc3)C2=O)o1. The Hall–Kier alpha value is -1.85. The molecule has 0 radical (unpaired) electrons. The van der Waals surface area contributed by atoms with Crippen LogP contribution in [-0.2, 0) is 4.79 Å². The summed E-state index contributed by atoms with van der Waals surface area (Å²) in [4.78, 5) is 14.9. The minimum atomic E-state index is -0.0852. The number of carbonyl (C=O) groups excluding carboxylic acids is 1. The Bertz CT molecular complexity index is 749. The van der Waals surface area contributed by atoms with Crippen LogP contribution in [0.15, 0.2) is 51.8 Å². The smallest absolute Gasteiger partial charge is 0.266 e. The molecule has 2 heterocycles. The molecule has 0 bridgehead atoms. The predicted molar refractivity (Wildman–Crippen MR) is 93.3 cm³/mol. The van der Waals surface area contributed by atoms with E-state index in [1.165, 1.54) is 11.8 Å². The molecular weight excluding hydrogens is 314 g/mol. The minimum absolute atomic E-state index is 0.0691. The molecule has 0 aliphatic carbocycles. The van der Waals surface area contributed by atoms with Crippen molar-refractivity contribution in [2.75, 3.05) is 0 Å². The maximum atomic E-state index is 12.6. The van der Waals surface area contributed by atoms with Crippen LogP contribution in [0.3, 0.4) is 0 Å². The highest BCUT2D eigenvalue weighted by Gasteiger charge is 2.36. The first-order valence-electron chi connectivity index (χ1n) is 6.94. The van der Waals surface area contributed by atoms with Gasteiger partial charge < -0.3 is 4.42 Å². The second kappa shape index (κ2) is 6.10. The van der Waals surface area contributed by atoms with Gasteiger partial charge in [-0.05, 0) is 31.5 Å². The van der Waals surface area contributed by atoms with Crippen LogP contribution in [0.5, 0.6) is 0 Å². The molecule has 0 N–H and O–H groups in total. The van der Waals surface area contributed by atoms with Gasteiger partial charge in [0.1, 0.15) is 15.8 Å². The van der Waals surface area contributed by atoms with Crippen molar-refractivity contribution in [3.63, 3.8) is 0 Å². The van der Waals surface area contributed by atoms with Crippen molar-refractivity contribution < 1.29 is 9.21 Å². The van der Waals surface area contributed by atoms with Crippen LogP contribution in [0.4, 0.5) is 0 Å². The molecule has 1 fully saturated rings. The number of rotatable bonds is 3. The number of aryl methyl sites for hydroxylation is 1. The first-order valence-corrected chi connectivity index (χ1v) is 8.17. The molecule has 3 nitrogen and oxygen atoms in total. The largest absolute Gasteiger partial charge is 0.462 e. The quantitative estimate of drug-likeness (QED) is 0.611. The molecule has 1 aromatic carbocycles. The first kappa shape index (κ1) is 15.1. The summed E-state index contributed by atoms with van der Waals surface area (Å²) in [6.07, 6.45) is 1.75. The van der Waals surface area contributed by atoms with E-state index in [-0.39, 0.29) is 11.9 Å². The van der Waals surface area contributed by atoms with Gasteiger partial charge in [0, 0.05) is 6.08 Å². The Morgan fingerprint density at radius 1 is 1.23 bits per heavy atom. The summed E-state index contributed by atoms with van der Waals surface area (Å²) in [7, 11) is 0. The van der Waals surface area contributed by atoms with Crippen LogP contribution < -0.4 is 0 Å². The summed E-state index contributed by atoms with van der Waals surface area (Å²) in [6, 6.07) is 13.5. The van der Waals surface area contributed by atoms with Crippen LogP contribution in [0.1, 0.15) is 30.0 Å². The topological polar surface area (TPSA) is 33.5 Å². The highest BCUT2D eigenvalue weighted by atomic mass is 32.2. The molecule has 1 aliphatic heterocycles. The summed E-state index contributed by atoms with van der Waals surface area (Å²) in [5.41, 5.74) is 1.06. The summed E-state index contributed by atoms with van der Waals surface area (Å²) in [6.45, 7) is 3.86. The standard InChI is InChI=1S/C17H15NO2S2/c1-11-8-9-14(20-11)10-15-16(19)18(17(21)22-15)12(2)13-6-4-3-5-7-13/h3-10,12H,1-2H3/b15-10-. The lowest BCUT2D eigenvalue weighted by molar-refractivity contribution is -0.123. The van der Waals surface area contributed by atoms with Crippen molar-refractivity contribution in [2.45, 2.75) is 19.9 Å². The van der Waals surface area contributed by atoms with E-state index in [0.29, 0.717) is 15.0 Å². The lowest BCUT2D eigenvalue weighted by Gasteiger charge is -2.23. The van der Waals surface area contributed by atoms with E-state index in [0.717, 1.165) is 11.3 Å². The predicted octanol–water partition coefficient (Wildman–Crippen LogP) is 4.55. The van der Waals surface area contributed by atoms with E-state index in [2.05, 4.69) is 0 Å². The lowest BCUT2D eigenvalue weighted by atomic mass is 10.1. The van der Waals surface area contributed by atoms with Gasteiger partial charge in [-0.3, -0.25) is 9.69 Å². The second-order valence-corrected chi connectivity index (χ2v) is 6.76. The van der Waals surface area contributed by atoms with Gasteiger partial charge in [-0.25, -0.2) is 0 Å². The van der Waals surface area contributed by atoms with Crippen LogP contribution >= 0.6 is 24.0 Å². The highest BCUT2D eigenvalue weighted by molar-refractivity contribution is 8.26. The van der Waals surface area contributed by atoms with E-state index in [1.54, 1.807) is 11.0 Å². The molecule has 1 unspecified atom stereocenters. The monoisotopic (exact) mass is 329 g/mol. The number of thiocarbonyl (C=S) groups is 1. The van der Waals surface area contributed by atoms with Crippen molar-refractivity contribution in [1.29, 1.82) is 0 Å². The van der Waals surface area contributed by atoms with Crippen molar-refractivity contribution >= 4 is 40.3 Å². The first-order chi connectivity index (χ1) is 10.6. The number of carbonyl (C=O) groups is 1. The number of furan rings is 1. The molecule has 3 rings (SSSR count). The number of nitrogens with zero attached hydrogens (tertiary/aromatic N) is 1. The Kier molecular flexibility index (Phi) is 4.18. The van der Waals surface area contributed by atoms with Gasteiger partial charge in [0.15, 0.2) is 0 Å². The zero-order valence-corrected chi connectivity index (χ0v) is 13.9. The number of hydrogen-bond donors (Lipinski definition) is 0. The molecule has 5 heteroatoms. The molecule has 1 aromatic heterocycles. The number of benzene rings is 1. The van der Waals surface area contributed by atoms with Gasteiger partial charge in [0.2, 0.25) is 0 Å². The van der Waals surface area contributed by atoms with Gasteiger partial charge in [0.05, 0.1) is 10.9 Å². The second-order valence-electron chi connectivity index (χ2n) is 5.09. The third kappa shape index (κ3) is 2.87. The molecular formula is C17H15NO2S2.